The molecule has 3 rings (SSSR count). The van der Waals surface area contributed by atoms with Crippen LogP contribution in [0.25, 0.3) is 5.65 Å². The second-order valence-corrected chi connectivity index (χ2v) is 5.05. The van der Waals surface area contributed by atoms with Gasteiger partial charge in [-0.15, -0.1) is 10.2 Å². The molecule has 2 heterocycles. The third-order valence-electron chi connectivity index (χ3n) is 3.49. The Balaban J connectivity index is 1.96. The number of anilines is 1. The molecule has 1 aliphatic rings. The van der Waals surface area contributed by atoms with Crippen LogP contribution in [0.4, 0.5) is 5.82 Å². The molecule has 0 aromatic carbocycles. The predicted octanol–water partition coefficient (Wildman–Crippen LogP) is 2.24. The number of nitrogens with zero attached hydrogens (tertiary/aromatic N) is 5. The highest BCUT2D eigenvalue weighted by Gasteiger charge is 2.29. The molecular weight excluding hydrogens is 226 g/mol. The van der Waals surface area contributed by atoms with Gasteiger partial charge in [0, 0.05) is 31.9 Å². The van der Waals surface area contributed by atoms with E-state index >= 15 is 0 Å². The fourth-order valence-electron chi connectivity index (χ4n) is 2.22. The lowest BCUT2D eigenvalue weighted by Crippen LogP contribution is -2.20. The highest BCUT2D eigenvalue weighted by atomic mass is 15.3. The molecular formula is C13H19N5. The number of unbranched alkanes of at least 4 members (excludes halogenated alkanes) is 1. The van der Waals surface area contributed by atoms with Gasteiger partial charge < -0.3 is 4.90 Å². The fourth-order valence-corrected chi connectivity index (χ4v) is 2.22. The summed E-state index contributed by atoms with van der Waals surface area (Å²) in [6.45, 7) is 3.21. The lowest BCUT2D eigenvalue weighted by molar-refractivity contribution is 0.758. The standard InChI is InChI=1S/C13H19N5/c1-3-4-8-17(2)12-13-16-15-11(10-5-6-10)18(13)9-7-14-12/h7,9-10H,3-6,8H2,1-2H3. The van der Waals surface area contributed by atoms with Gasteiger partial charge in [-0.2, -0.15) is 0 Å². The third-order valence-corrected chi connectivity index (χ3v) is 3.49. The average molecular weight is 245 g/mol. The maximum absolute atomic E-state index is 4.46. The average Bonchev–Trinajstić information content (AvgIpc) is 3.15. The molecule has 2 aromatic heterocycles. The Morgan fingerprint density at radius 2 is 2.22 bits per heavy atom. The van der Waals surface area contributed by atoms with E-state index in [0.717, 1.165) is 23.8 Å². The smallest absolute Gasteiger partial charge is 0.203 e. The molecule has 5 heteroatoms. The van der Waals surface area contributed by atoms with Crippen LogP contribution in [0.15, 0.2) is 12.4 Å². The number of hydrogen-bond donors (Lipinski definition) is 0. The van der Waals surface area contributed by atoms with Crippen molar-refractivity contribution in [2.24, 2.45) is 0 Å². The van der Waals surface area contributed by atoms with E-state index in [4.69, 9.17) is 0 Å². The lowest BCUT2D eigenvalue weighted by Gasteiger charge is -2.17. The van der Waals surface area contributed by atoms with Crippen molar-refractivity contribution in [3.05, 3.63) is 18.2 Å². The van der Waals surface area contributed by atoms with E-state index in [0.29, 0.717) is 5.92 Å². The van der Waals surface area contributed by atoms with Crippen LogP contribution in [0.2, 0.25) is 0 Å². The summed E-state index contributed by atoms with van der Waals surface area (Å²) in [5, 5.41) is 8.64. The summed E-state index contributed by atoms with van der Waals surface area (Å²) in [7, 11) is 2.07. The molecule has 96 valence electrons. The van der Waals surface area contributed by atoms with Crippen molar-refractivity contribution in [2.45, 2.75) is 38.5 Å². The lowest BCUT2D eigenvalue weighted by atomic mass is 10.3. The van der Waals surface area contributed by atoms with Gasteiger partial charge in [-0.3, -0.25) is 4.40 Å². The predicted molar refractivity (Wildman–Crippen MR) is 70.9 cm³/mol. The molecule has 1 aliphatic carbocycles. The topological polar surface area (TPSA) is 46.3 Å². The first-order valence-electron chi connectivity index (χ1n) is 6.72. The van der Waals surface area contributed by atoms with E-state index < -0.39 is 0 Å². The second-order valence-electron chi connectivity index (χ2n) is 5.05. The van der Waals surface area contributed by atoms with Gasteiger partial charge in [0.05, 0.1) is 0 Å². The monoisotopic (exact) mass is 245 g/mol. The van der Waals surface area contributed by atoms with Gasteiger partial charge in [0.15, 0.2) is 5.82 Å². The molecule has 0 radical (unpaired) electrons. The van der Waals surface area contributed by atoms with Gasteiger partial charge in [0.1, 0.15) is 5.82 Å². The molecule has 0 atom stereocenters. The van der Waals surface area contributed by atoms with Gasteiger partial charge in [-0.1, -0.05) is 13.3 Å². The Morgan fingerprint density at radius 3 is 2.94 bits per heavy atom. The summed E-state index contributed by atoms with van der Waals surface area (Å²) >= 11 is 0. The molecule has 5 nitrogen and oxygen atoms in total. The van der Waals surface area contributed by atoms with Crippen molar-refractivity contribution in [1.29, 1.82) is 0 Å². The Morgan fingerprint density at radius 1 is 1.39 bits per heavy atom. The molecule has 0 saturated heterocycles. The number of fused-ring (bicyclic) bond motifs is 1. The number of aromatic nitrogens is 4. The van der Waals surface area contributed by atoms with Crippen molar-refractivity contribution >= 4 is 11.5 Å². The SMILES string of the molecule is CCCCN(C)c1nccn2c(C3CC3)nnc12. The van der Waals surface area contributed by atoms with E-state index in [1.807, 2.05) is 12.4 Å². The molecule has 2 aromatic rings. The van der Waals surface area contributed by atoms with Crippen molar-refractivity contribution in [2.75, 3.05) is 18.5 Å². The molecule has 1 saturated carbocycles. The van der Waals surface area contributed by atoms with Crippen LogP contribution >= 0.6 is 0 Å². The summed E-state index contributed by atoms with van der Waals surface area (Å²) in [6, 6.07) is 0. The normalized spacial score (nSPS) is 15.2. The van der Waals surface area contributed by atoms with Crippen LogP contribution in [0.5, 0.6) is 0 Å². The van der Waals surface area contributed by atoms with E-state index in [9.17, 15) is 0 Å². The second kappa shape index (κ2) is 4.55. The summed E-state index contributed by atoms with van der Waals surface area (Å²) in [6.07, 6.45) is 8.66. The summed E-state index contributed by atoms with van der Waals surface area (Å²) < 4.78 is 2.10. The van der Waals surface area contributed by atoms with Gasteiger partial charge in [-0.05, 0) is 19.3 Å². The first kappa shape index (κ1) is 11.4. The van der Waals surface area contributed by atoms with Crippen molar-refractivity contribution < 1.29 is 0 Å². The van der Waals surface area contributed by atoms with E-state index in [2.05, 4.69) is 38.5 Å². The molecule has 1 fully saturated rings. The van der Waals surface area contributed by atoms with E-state index in [1.165, 1.54) is 25.7 Å². The number of rotatable bonds is 5. The summed E-state index contributed by atoms with van der Waals surface area (Å²) in [5.41, 5.74) is 0.887. The third kappa shape index (κ3) is 1.94. The van der Waals surface area contributed by atoms with Gasteiger partial charge >= 0.3 is 0 Å². The number of hydrogen-bond acceptors (Lipinski definition) is 4. The molecule has 0 unspecified atom stereocenters. The van der Waals surface area contributed by atoms with Gasteiger partial charge in [0.25, 0.3) is 0 Å². The van der Waals surface area contributed by atoms with Gasteiger partial charge in [0.2, 0.25) is 5.65 Å². The Hall–Kier alpha value is -1.65. The first-order valence-corrected chi connectivity index (χ1v) is 6.72. The Kier molecular flexibility index (Phi) is 2.89. The van der Waals surface area contributed by atoms with Crippen LogP contribution in [0.3, 0.4) is 0 Å². The summed E-state index contributed by atoms with van der Waals surface area (Å²) in [4.78, 5) is 6.63. The molecule has 0 bridgehead atoms. The van der Waals surface area contributed by atoms with Crippen LogP contribution in [0, 0.1) is 0 Å². The molecule has 18 heavy (non-hydrogen) atoms. The van der Waals surface area contributed by atoms with Crippen molar-refractivity contribution in [3.8, 4) is 0 Å². The van der Waals surface area contributed by atoms with Crippen LogP contribution in [-0.2, 0) is 0 Å². The zero-order chi connectivity index (χ0) is 12.5. The van der Waals surface area contributed by atoms with E-state index in [1.54, 1.807) is 0 Å². The minimum absolute atomic E-state index is 0.608. The zero-order valence-corrected chi connectivity index (χ0v) is 11.0. The largest absolute Gasteiger partial charge is 0.357 e. The van der Waals surface area contributed by atoms with E-state index in [-0.39, 0.29) is 0 Å². The van der Waals surface area contributed by atoms with Crippen LogP contribution < -0.4 is 4.90 Å². The molecule has 0 amide bonds. The molecule has 0 N–H and O–H groups in total. The quantitative estimate of drug-likeness (QED) is 0.810. The molecule has 0 aliphatic heterocycles. The summed E-state index contributed by atoms with van der Waals surface area (Å²) in [5.74, 6) is 2.64. The van der Waals surface area contributed by atoms with Gasteiger partial charge in [-0.25, -0.2) is 4.98 Å². The zero-order valence-electron chi connectivity index (χ0n) is 11.0. The van der Waals surface area contributed by atoms with Crippen LogP contribution in [-0.4, -0.2) is 33.2 Å². The Labute approximate surface area is 107 Å². The highest BCUT2D eigenvalue weighted by Crippen LogP contribution is 2.39. The van der Waals surface area contributed by atoms with Crippen molar-refractivity contribution in [3.63, 3.8) is 0 Å². The Bertz CT molecular complexity index is 543. The minimum atomic E-state index is 0.608. The maximum Gasteiger partial charge on any atom is 0.203 e. The minimum Gasteiger partial charge on any atom is -0.357 e. The fraction of sp³-hybridized carbons (Fsp3) is 0.615. The highest BCUT2D eigenvalue weighted by molar-refractivity contribution is 5.63. The van der Waals surface area contributed by atoms with Crippen LogP contribution in [0.1, 0.15) is 44.3 Å². The maximum atomic E-state index is 4.46. The van der Waals surface area contributed by atoms with Crippen molar-refractivity contribution in [1.82, 2.24) is 19.6 Å². The first-order chi connectivity index (χ1) is 8.81. The molecule has 0 spiro atoms.